The molecule has 1 unspecified atom stereocenters. The van der Waals surface area contributed by atoms with E-state index >= 15 is 0 Å². The summed E-state index contributed by atoms with van der Waals surface area (Å²) in [5, 5.41) is 2.68. The van der Waals surface area contributed by atoms with Crippen molar-refractivity contribution in [2.75, 3.05) is 18.6 Å². The largest absolute Gasteiger partial charge is 0.464 e. The van der Waals surface area contributed by atoms with E-state index in [4.69, 9.17) is 4.74 Å². The third kappa shape index (κ3) is 16.5. The van der Waals surface area contributed by atoms with Crippen LogP contribution in [0.2, 0.25) is 0 Å². The van der Waals surface area contributed by atoms with Crippen molar-refractivity contribution >= 4 is 23.6 Å². The van der Waals surface area contributed by atoms with Gasteiger partial charge in [0.2, 0.25) is 5.91 Å². The standard InChI is InChI=1S/C20H39NO3S/c1-4-5-6-7-8-9-10-11-12-13-14-16-24-20(23)19(15-17-25-3)21-18(2)22/h19H,4-17H2,1-3H3,(H,21,22). The second kappa shape index (κ2) is 18.1. The van der Waals surface area contributed by atoms with Crippen LogP contribution in [0.1, 0.15) is 90.9 Å². The molecule has 0 aromatic heterocycles. The van der Waals surface area contributed by atoms with Gasteiger partial charge in [0.15, 0.2) is 0 Å². The smallest absolute Gasteiger partial charge is 0.328 e. The topological polar surface area (TPSA) is 55.4 Å². The molecule has 0 rings (SSSR count). The Hall–Kier alpha value is -0.710. The molecule has 0 aliphatic rings. The molecule has 0 radical (unpaired) electrons. The summed E-state index contributed by atoms with van der Waals surface area (Å²) in [5.74, 6) is 0.354. The number of carbonyl (C=O) groups is 2. The van der Waals surface area contributed by atoms with E-state index in [1.165, 1.54) is 64.7 Å². The summed E-state index contributed by atoms with van der Waals surface area (Å²) >= 11 is 1.66. The Labute approximate surface area is 159 Å². The zero-order valence-electron chi connectivity index (χ0n) is 16.6. The number of ether oxygens (including phenoxy) is 1. The van der Waals surface area contributed by atoms with E-state index in [1.807, 2.05) is 6.26 Å². The Morgan fingerprint density at radius 1 is 0.920 bits per heavy atom. The molecule has 0 spiro atoms. The van der Waals surface area contributed by atoms with Gasteiger partial charge in [-0.25, -0.2) is 4.79 Å². The van der Waals surface area contributed by atoms with Crippen LogP contribution >= 0.6 is 11.8 Å². The molecule has 0 aromatic carbocycles. The molecule has 25 heavy (non-hydrogen) atoms. The summed E-state index contributed by atoms with van der Waals surface area (Å²) in [6, 6.07) is -0.502. The third-order valence-electron chi connectivity index (χ3n) is 4.26. The van der Waals surface area contributed by atoms with Crippen molar-refractivity contribution in [2.45, 2.75) is 96.9 Å². The van der Waals surface area contributed by atoms with Gasteiger partial charge in [-0.05, 0) is 24.9 Å². The van der Waals surface area contributed by atoms with Gasteiger partial charge in [-0.1, -0.05) is 71.1 Å². The van der Waals surface area contributed by atoms with Gasteiger partial charge in [-0.15, -0.1) is 0 Å². The van der Waals surface area contributed by atoms with E-state index in [9.17, 15) is 9.59 Å². The molecule has 0 aromatic rings. The molecule has 0 aliphatic heterocycles. The highest BCUT2D eigenvalue weighted by Gasteiger charge is 2.20. The van der Waals surface area contributed by atoms with Crippen molar-refractivity contribution in [3.8, 4) is 0 Å². The van der Waals surface area contributed by atoms with Crippen LogP contribution in [0.5, 0.6) is 0 Å². The van der Waals surface area contributed by atoms with Crippen LogP contribution in [-0.4, -0.2) is 36.5 Å². The molecule has 0 saturated carbocycles. The first-order chi connectivity index (χ1) is 12.1. The van der Waals surface area contributed by atoms with E-state index < -0.39 is 6.04 Å². The van der Waals surface area contributed by atoms with Crippen molar-refractivity contribution in [1.82, 2.24) is 5.32 Å². The number of carbonyl (C=O) groups excluding carboxylic acids is 2. The fourth-order valence-corrected chi connectivity index (χ4v) is 3.24. The maximum Gasteiger partial charge on any atom is 0.328 e. The van der Waals surface area contributed by atoms with Gasteiger partial charge in [-0.2, -0.15) is 11.8 Å². The molecular weight excluding hydrogens is 334 g/mol. The van der Waals surface area contributed by atoms with Crippen LogP contribution in [0.25, 0.3) is 0 Å². The highest BCUT2D eigenvalue weighted by atomic mass is 32.2. The minimum Gasteiger partial charge on any atom is -0.464 e. The molecule has 1 N–H and O–H groups in total. The van der Waals surface area contributed by atoms with Crippen molar-refractivity contribution in [2.24, 2.45) is 0 Å². The van der Waals surface area contributed by atoms with Gasteiger partial charge in [0, 0.05) is 6.92 Å². The highest BCUT2D eigenvalue weighted by molar-refractivity contribution is 7.98. The minimum atomic E-state index is -0.502. The zero-order valence-corrected chi connectivity index (χ0v) is 17.4. The normalized spacial score (nSPS) is 12.0. The first-order valence-corrected chi connectivity index (χ1v) is 11.4. The Bertz CT molecular complexity index is 337. The number of unbranched alkanes of at least 4 members (excludes halogenated alkanes) is 10. The molecule has 1 atom stereocenters. The van der Waals surface area contributed by atoms with Gasteiger partial charge in [0.25, 0.3) is 0 Å². The molecule has 0 heterocycles. The van der Waals surface area contributed by atoms with Gasteiger partial charge in [0.05, 0.1) is 6.61 Å². The lowest BCUT2D eigenvalue weighted by Crippen LogP contribution is -2.41. The first kappa shape index (κ1) is 24.3. The van der Waals surface area contributed by atoms with Crippen LogP contribution in [0, 0.1) is 0 Å². The number of rotatable bonds is 17. The molecule has 5 heteroatoms. The number of amides is 1. The van der Waals surface area contributed by atoms with Crippen LogP contribution in [0.3, 0.4) is 0 Å². The van der Waals surface area contributed by atoms with E-state index in [2.05, 4.69) is 12.2 Å². The summed E-state index contributed by atoms with van der Waals surface area (Å²) < 4.78 is 5.32. The zero-order chi connectivity index (χ0) is 18.8. The van der Waals surface area contributed by atoms with Crippen LogP contribution < -0.4 is 5.32 Å². The van der Waals surface area contributed by atoms with E-state index in [0.29, 0.717) is 13.0 Å². The molecule has 0 fully saturated rings. The minimum absolute atomic E-state index is 0.183. The lowest BCUT2D eigenvalue weighted by Gasteiger charge is -2.16. The summed E-state index contributed by atoms with van der Waals surface area (Å²) in [7, 11) is 0. The second-order valence-electron chi connectivity index (χ2n) is 6.74. The highest BCUT2D eigenvalue weighted by Crippen LogP contribution is 2.11. The molecule has 0 saturated heterocycles. The molecule has 1 amide bonds. The average molecular weight is 374 g/mol. The Kier molecular flexibility index (Phi) is 17.6. The van der Waals surface area contributed by atoms with Crippen LogP contribution in [-0.2, 0) is 14.3 Å². The maximum absolute atomic E-state index is 12.0. The number of hydrogen-bond acceptors (Lipinski definition) is 4. The number of nitrogens with one attached hydrogen (secondary N) is 1. The maximum atomic E-state index is 12.0. The second-order valence-corrected chi connectivity index (χ2v) is 7.72. The predicted molar refractivity (Wildman–Crippen MR) is 108 cm³/mol. The van der Waals surface area contributed by atoms with Gasteiger partial charge in [-0.3, -0.25) is 4.79 Å². The Morgan fingerprint density at radius 3 is 1.92 bits per heavy atom. The number of thioether (sulfide) groups is 1. The summed E-state index contributed by atoms with van der Waals surface area (Å²) in [6.45, 7) is 4.15. The van der Waals surface area contributed by atoms with Crippen LogP contribution in [0.4, 0.5) is 0 Å². The van der Waals surface area contributed by atoms with E-state index in [0.717, 1.165) is 18.6 Å². The summed E-state index contributed by atoms with van der Waals surface area (Å²) in [4.78, 5) is 23.2. The first-order valence-electron chi connectivity index (χ1n) is 10.0. The molecule has 0 bridgehead atoms. The fraction of sp³-hybridized carbons (Fsp3) is 0.900. The van der Waals surface area contributed by atoms with Crippen molar-refractivity contribution in [3.05, 3.63) is 0 Å². The van der Waals surface area contributed by atoms with Gasteiger partial charge in [0.1, 0.15) is 6.04 Å². The molecule has 148 valence electrons. The molecule has 0 aliphatic carbocycles. The van der Waals surface area contributed by atoms with E-state index in [1.54, 1.807) is 11.8 Å². The van der Waals surface area contributed by atoms with Gasteiger partial charge < -0.3 is 10.1 Å². The fourth-order valence-electron chi connectivity index (χ4n) is 2.77. The van der Waals surface area contributed by atoms with Crippen molar-refractivity contribution < 1.29 is 14.3 Å². The van der Waals surface area contributed by atoms with Crippen LogP contribution in [0.15, 0.2) is 0 Å². The lowest BCUT2D eigenvalue weighted by atomic mass is 10.1. The van der Waals surface area contributed by atoms with Crippen molar-refractivity contribution in [3.63, 3.8) is 0 Å². The quantitative estimate of drug-likeness (QED) is 0.285. The number of esters is 1. The Morgan fingerprint density at radius 2 is 1.44 bits per heavy atom. The van der Waals surface area contributed by atoms with E-state index in [-0.39, 0.29) is 11.9 Å². The predicted octanol–water partition coefficient (Wildman–Crippen LogP) is 5.10. The Balaban J connectivity index is 3.55. The average Bonchev–Trinajstić information content (AvgIpc) is 2.59. The number of hydrogen-bond donors (Lipinski definition) is 1. The summed E-state index contributed by atoms with van der Waals surface area (Å²) in [5.41, 5.74) is 0. The SMILES string of the molecule is CCCCCCCCCCCCCOC(=O)C(CCSC)NC(C)=O. The molecular formula is C20H39NO3S. The third-order valence-corrected chi connectivity index (χ3v) is 4.91. The van der Waals surface area contributed by atoms with Gasteiger partial charge >= 0.3 is 5.97 Å². The van der Waals surface area contributed by atoms with Crippen molar-refractivity contribution in [1.29, 1.82) is 0 Å². The molecule has 4 nitrogen and oxygen atoms in total. The monoisotopic (exact) mass is 373 g/mol. The lowest BCUT2D eigenvalue weighted by molar-refractivity contribution is -0.147. The summed E-state index contributed by atoms with van der Waals surface area (Å²) in [6.07, 6.45) is 16.6.